The van der Waals surface area contributed by atoms with Crippen LogP contribution in [0, 0.1) is 5.92 Å². The van der Waals surface area contributed by atoms with Gasteiger partial charge in [-0.3, -0.25) is 4.79 Å². The molecule has 3 aliphatic heterocycles. The van der Waals surface area contributed by atoms with Gasteiger partial charge in [-0.05, 0) is 31.6 Å². The van der Waals surface area contributed by atoms with Gasteiger partial charge in [0.05, 0.1) is 18.3 Å². The Hall–Kier alpha value is -1.43. The Labute approximate surface area is 180 Å². The largest absolute Gasteiger partial charge is 0.490 e. The minimum Gasteiger partial charge on any atom is -0.475 e. The second-order valence-electron chi connectivity index (χ2n) is 8.58. The summed E-state index contributed by atoms with van der Waals surface area (Å²) in [6.45, 7) is 6.07. The number of carbonyl (C=O) groups is 2. The van der Waals surface area contributed by atoms with Gasteiger partial charge in [-0.15, -0.1) is 0 Å². The van der Waals surface area contributed by atoms with Crippen LogP contribution < -0.4 is 0 Å². The van der Waals surface area contributed by atoms with Crippen LogP contribution in [0.25, 0.3) is 0 Å². The first kappa shape index (κ1) is 25.8. The Kier molecular flexibility index (Phi) is 9.53. The number of hydrogen-bond donors (Lipinski definition) is 1. The lowest BCUT2D eigenvalue weighted by molar-refractivity contribution is -0.192. The number of alkyl halides is 3. The van der Waals surface area contributed by atoms with E-state index in [-0.39, 0.29) is 24.2 Å². The van der Waals surface area contributed by atoms with Crippen LogP contribution in [0.15, 0.2) is 0 Å². The molecule has 1 spiro atoms. The van der Waals surface area contributed by atoms with E-state index in [1.807, 2.05) is 0 Å². The maximum Gasteiger partial charge on any atom is 0.490 e. The molecule has 0 aliphatic carbocycles. The quantitative estimate of drug-likeness (QED) is 0.677. The third-order valence-electron chi connectivity index (χ3n) is 5.98. The lowest BCUT2D eigenvalue weighted by Crippen LogP contribution is -2.46. The van der Waals surface area contributed by atoms with Gasteiger partial charge in [-0.2, -0.15) is 13.2 Å². The van der Waals surface area contributed by atoms with Crippen molar-refractivity contribution in [3.8, 4) is 0 Å². The molecule has 1 atom stereocenters. The molecule has 0 radical (unpaired) electrons. The summed E-state index contributed by atoms with van der Waals surface area (Å²) in [6.07, 6.45) is 0.479. The topological polar surface area (TPSA) is 88.5 Å². The number of carboxylic acids is 1. The van der Waals surface area contributed by atoms with Crippen LogP contribution in [0.2, 0.25) is 0 Å². The lowest BCUT2D eigenvalue weighted by atomic mass is 9.87. The summed E-state index contributed by atoms with van der Waals surface area (Å²) in [4.78, 5) is 24.7. The van der Waals surface area contributed by atoms with Gasteiger partial charge < -0.3 is 29.1 Å². The summed E-state index contributed by atoms with van der Waals surface area (Å²) in [5.41, 5.74) is -0.0159. The number of piperidine rings is 1. The zero-order chi connectivity index (χ0) is 23.1. The monoisotopic (exact) mass is 454 g/mol. The summed E-state index contributed by atoms with van der Waals surface area (Å²) >= 11 is 0. The van der Waals surface area contributed by atoms with Crippen LogP contribution in [0.4, 0.5) is 13.2 Å². The first-order valence-electron chi connectivity index (χ1n) is 10.6. The summed E-state index contributed by atoms with van der Waals surface area (Å²) in [5, 5.41) is 7.12. The highest BCUT2D eigenvalue weighted by Gasteiger charge is 2.43. The number of ether oxygens (including phenoxy) is 3. The lowest BCUT2D eigenvalue weighted by Gasteiger charge is -2.40. The molecule has 1 amide bonds. The van der Waals surface area contributed by atoms with E-state index in [9.17, 15) is 18.0 Å². The van der Waals surface area contributed by atoms with Crippen molar-refractivity contribution in [2.24, 2.45) is 5.92 Å². The third-order valence-corrected chi connectivity index (χ3v) is 5.98. The molecule has 1 N–H and O–H groups in total. The van der Waals surface area contributed by atoms with Crippen molar-refractivity contribution in [3.63, 3.8) is 0 Å². The summed E-state index contributed by atoms with van der Waals surface area (Å²) in [5.74, 6) is -1.94. The first-order chi connectivity index (χ1) is 14.5. The number of rotatable bonds is 5. The van der Waals surface area contributed by atoms with Crippen LogP contribution >= 0.6 is 0 Å². The number of carbonyl (C=O) groups excluding carboxylic acids is 1. The van der Waals surface area contributed by atoms with Gasteiger partial charge in [0.2, 0.25) is 5.91 Å². The van der Waals surface area contributed by atoms with Crippen molar-refractivity contribution >= 4 is 11.9 Å². The first-order valence-corrected chi connectivity index (χ1v) is 10.6. The Bertz CT molecular complexity index is 588. The van der Waals surface area contributed by atoms with E-state index in [2.05, 4.69) is 4.90 Å². The molecule has 3 fully saturated rings. The number of halogens is 3. The summed E-state index contributed by atoms with van der Waals surface area (Å²) in [7, 11) is 3.51. The molecule has 1 unspecified atom stereocenters. The number of aliphatic carboxylic acids is 1. The Morgan fingerprint density at radius 2 is 1.77 bits per heavy atom. The predicted octanol–water partition coefficient (Wildman–Crippen LogP) is 1.77. The second kappa shape index (κ2) is 11.4. The molecule has 3 heterocycles. The summed E-state index contributed by atoms with van der Waals surface area (Å²) < 4.78 is 49.1. The molecular weight excluding hydrogens is 421 g/mol. The molecule has 0 aromatic heterocycles. The van der Waals surface area contributed by atoms with Crippen molar-refractivity contribution in [2.75, 3.05) is 60.2 Å². The van der Waals surface area contributed by atoms with Gasteiger partial charge in [0.15, 0.2) is 0 Å². The van der Waals surface area contributed by atoms with Crippen molar-refractivity contribution < 1.29 is 42.1 Å². The smallest absolute Gasteiger partial charge is 0.475 e. The molecule has 0 saturated carbocycles. The van der Waals surface area contributed by atoms with Crippen LogP contribution in [0.3, 0.4) is 0 Å². The molecule has 0 aromatic rings. The SMILES string of the molecule is CN(C)C(=O)COC1COC2(CCN(CC3CCOCC3)CC2)C1.O=C(O)C(F)(F)F. The van der Waals surface area contributed by atoms with E-state index >= 15 is 0 Å². The van der Waals surface area contributed by atoms with Gasteiger partial charge in [0.1, 0.15) is 6.61 Å². The Morgan fingerprint density at radius 1 is 1.19 bits per heavy atom. The highest BCUT2D eigenvalue weighted by Crippen LogP contribution is 2.37. The molecular formula is C20H33F3N2O6. The van der Waals surface area contributed by atoms with Crippen LogP contribution in [-0.4, -0.2) is 105 Å². The molecule has 3 saturated heterocycles. The standard InChI is InChI=1S/C18H32N2O4.C2HF3O2/c1-19(2)17(21)14-23-16-11-18(24-13-16)5-7-20(8-6-18)12-15-3-9-22-10-4-15;3-2(4,5)1(6)7/h15-16H,3-14H2,1-2H3;(H,6,7). The maximum atomic E-state index is 11.6. The molecule has 3 rings (SSSR count). The van der Waals surface area contributed by atoms with Crippen molar-refractivity contribution in [1.82, 2.24) is 9.80 Å². The average Bonchev–Trinajstić information content (AvgIpc) is 3.11. The zero-order valence-corrected chi connectivity index (χ0v) is 18.2. The normalized spacial score (nSPS) is 24.5. The van der Waals surface area contributed by atoms with E-state index in [0.29, 0.717) is 6.61 Å². The highest BCUT2D eigenvalue weighted by molar-refractivity contribution is 5.76. The number of nitrogens with zero attached hydrogens (tertiary/aromatic N) is 2. The van der Waals surface area contributed by atoms with Crippen molar-refractivity contribution in [1.29, 1.82) is 0 Å². The van der Waals surface area contributed by atoms with Crippen LogP contribution in [-0.2, 0) is 23.8 Å². The molecule has 8 nitrogen and oxygen atoms in total. The Morgan fingerprint density at radius 3 is 2.29 bits per heavy atom. The summed E-state index contributed by atoms with van der Waals surface area (Å²) in [6, 6.07) is 0. The number of carboxylic acid groups (broad SMARTS) is 1. The molecule has 0 bridgehead atoms. The van der Waals surface area contributed by atoms with E-state index in [1.54, 1.807) is 19.0 Å². The fourth-order valence-corrected chi connectivity index (χ4v) is 4.01. The molecule has 3 aliphatic rings. The predicted molar refractivity (Wildman–Crippen MR) is 105 cm³/mol. The van der Waals surface area contributed by atoms with E-state index in [0.717, 1.165) is 51.5 Å². The number of amides is 1. The van der Waals surface area contributed by atoms with Gasteiger partial charge in [-0.25, -0.2) is 4.79 Å². The van der Waals surface area contributed by atoms with Gasteiger partial charge in [0.25, 0.3) is 0 Å². The van der Waals surface area contributed by atoms with Crippen LogP contribution in [0.5, 0.6) is 0 Å². The van der Waals surface area contributed by atoms with E-state index in [1.165, 1.54) is 19.4 Å². The maximum absolute atomic E-state index is 11.6. The average molecular weight is 454 g/mol. The van der Waals surface area contributed by atoms with Gasteiger partial charge in [-0.1, -0.05) is 0 Å². The fourth-order valence-electron chi connectivity index (χ4n) is 4.01. The molecule has 11 heteroatoms. The van der Waals surface area contributed by atoms with Gasteiger partial charge in [0, 0.05) is 53.4 Å². The highest BCUT2D eigenvalue weighted by atomic mass is 19.4. The minimum absolute atomic E-state index is 0.0159. The minimum atomic E-state index is -5.08. The fraction of sp³-hybridized carbons (Fsp3) is 0.900. The number of likely N-dealkylation sites (tertiary alicyclic amines) is 1. The number of likely N-dealkylation sites (N-methyl/N-ethyl adjacent to an activating group) is 1. The molecule has 0 aromatic carbocycles. The van der Waals surface area contributed by atoms with Crippen molar-refractivity contribution in [2.45, 2.75) is 50.0 Å². The third kappa shape index (κ3) is 8.55. The van der Waals surface area contributed by atoms with E-state index < -0.39 is 12.1 Å². The van der Waals surface area contributed by atoms with E-state index in [4.69, 9.17) is 24.1 Å². The van der Waals surface area contributed by atoms with Gasteiger partial charge >= 0.3 is 12.1 Å². The molecule has 180 valence electrons. The van der Waals surface area contributed by atoms with Crippen molar-refractivity contribution in [3.05, 3.63) is 0 Å². The Balaban J connectivity index is 0.000000423. The number of hydrogen-bond acceptors (Lipinski definition) is 6. The second-order valence-corrected chi connectivity index (χ2v) is 8.58. The molecule has 31 heavy (non-hydrogen) atoms. The zero-order valence-electron chi connectivity index (χ0n) is 18.2. The van der Waals surface area contributed by atoms with Crippen LogP contribution in [0.1, 0.15) is 32.1 Å².